The molecule has 0 saturated heterocycles. The Bertz CT molecular complexity index is 1010. The maximum Gasteiger partial charge on any atom is 0.255 e. The van der Waals surface area contributed by atoms with Gasteiger partial charge < -0.3 is 10.6 Å². The number of thioether (sulfide) groups is 1. The molecule has 2 N–H and O–H groups in total. The van der Waals surface area contributed by atoms with Gasteiger partial charge in [0, 0.05) is 21.2 Å². The summed E-state index contributed by atoms with van der Waals surface area (Å²) < 4.78 is 0. The topological polar surface area (TPSA) is 58.2 Å². The van der Waals surface area contributed by atoms with Crippen LogP contribution in [0, 0.1) is 0 Å². The zero-order chi connectivity index (χ0) is 19.9. The average Bonchev–Trinajstić information content (AvgIpc) is 2.68. The third kappa shape index (κ3) is 5.76. The van der Waals surface area contributed by atoms with Crippen molar-refractivity contribution in [2.75, 3.05) is 16.4 Å². The van der Waals surface area contributed by atoms with Gasteiger partial charge in [-0.05, 0) is 48.5 Å². The summed E-state index contributed by atoms with van der Waals surface area (Å²) in [6.07, 6.45) is 0. The standard InChI is InChI=1S/C21H16Cl2N2O2S/c22-15-6-3-5-14(11-15)21(27)24-16-7-4-8-17(12-16)28-13-20(26)25-19-10-2-1-9-18(19)23/h1-12H,13H2,(H,24,27)(H,25,26). The lowest BCUT2D eigenvalue weighted by molar-refractivity contribution is -0.113. The van der Waals surface area contributed by atoms with Gasteiger partial charge in [0.2, 0.25) is 5.91 Å². The summed E-state index contributed by atoms with van der Waals surface area (Å²) in [6.45, 7) is 0. The Hall–Kier alpha value is -2.47. The number of para-hydroxylation sites is 1. The Kier molecular flexibility index (Phi) is 6.98. The Balaban J connectivity index is 1.58. The number of nitrogens with one attached hydrogen (secondary N) is 2. The van der Waals surface area contributed by atoms with Gasteiger partial charge in [-0.25, -0.2) is 0 Å². The molecule has 0 heterocycles. The molecule has 28 heavy (non-hydrogen) atoms. The summed E-state index contributed by atoms with van der Waals surface area (Å²) in [4.78, 5) is 25.3. The van der Waals surface area contributed by atoms with E-state index in [1.807, 2.05) is 18.2 Å². The summed E-state index contributed by atoms with van der Waals surface area (Å²) >= 11 is 13.3. The highest BCUT2D eigenvalue weighted by molar-refractivity contribution is 8.00. The van der Waals surface area contributed by atoms with Crippen LogP contribution >= 0.6 is 35.0 Å². The number of hydrogen-bond donors (Lipinski definition) is 2. The van der Waals surface area contributed by atoms with Gasteiger partial charge in [-0.3, -0.25) is 9.59 Å². The molecule has 0 aliphatic rings. The summed E-state index contributed by atoms with van der Waals surface area (Å²) in [5.74, 6) is -0.190. The van der Waals surface area contributed by atoms with E-state index in [2.05, 4.69) is 10.6 Å². The third-order valence-electron chi connectivity index (χ3n) is 3.70. The van der Waals surface area contributed by atoms with E-state index in [1.165, 1.54) is 11.8 Å². The third-order valence-corrected chi connectivity index (χ3v) is 5.26. The number of carbonyl (C=O) groups excluding carboxylic acids is 2. The van der Waals surface area contributed by atoms with Gasteiger partial charge in [-0.15, -0.1) is 11.8 Å². The molecule has 0 aromatic heterocycles. The SMILES string of the molecule is O=C(CSc1cccc(NC(=O)c2cccc(Cl)c2)c1)Nc1ccccc1Cl. The molecule has 4 nitrogen and oxygen atoms in total. The van der Waals surface area contributed by atoms with E-state index in [9.17, 15) is 9.59 Å². The van der Waals surface area contributed by atoms with Crippen LogP contribution in [-0.2, 0) is 4.79 Å². The van der Waals surface area contributed by atoms with E-state index in [0.29, 0.717) is 27.0 Å². The van der Waals surface area contributed by atoms with Gasteiger partial charge in [-0.1, -0.05) is 47.5 Å². The van der Waals surface area contributed by atoms with Crippen molar-refractivity contribution >= 4 is 58.2 Å². The van der Waals surface area contributed by atoms with Crippen LogP contribution in [0.1, 0.15) is 10.4 Å². The number of rotatable bonds is 6. The number of amides is 2. The first-order valence-corrected chi connectivity index (χ1v) is 10.1. The summed E-state index contributed by atoms with van der Waals surface area (Å²) in [6, 6.07) is 21.1. The molecule has 0 bridgehead atoms. The largest absolute Gasteiger partial charge is 0.324 e. The van der Waals surface area contributed by atoms with Crippen molar-refractivity contribution < 1.29 is 9.59 Å². The van der Waals surface area contributed by atoms with Crippen LogP contribution in [0.5, 0.6) is 0 Å². The average molecular weight is 431 g/mol. The predicted molar refractivity (Wildman–Crippen MR) is 117 cm³/mol. The smallest absolute Gasteiger partial charge is 0.255 e. The van der Waals surface area contributed by atoms with E-state index >= 15 is 0 Å². The molecule has 0 spiro atoms. The van der Waals surface area contributed by atoms with Gasteiger partial charge in [0.1, 0.15) is 0 Å². The number of benzene rings is 3. The number of hydrogen-bond acceptors (Lipinski definition) is 3. The van der Waals surface area contributed by atoms with Crippen LogP contribution in [0.3, 0.4) is 0 Å². The van der Waals surface area contributed by atoms with E-state index in [4.69, 9.17) is 23.2 Å². The monoisotopic (exact) mass is 430 g/mol. The van der Waals surface area contributed by atoms with Crippen molar-refractivity contribution in [1.29, 1.82) is 0 Å². The van der Waals surface area contributed by atoms with Crippen LogP contribution in [0.4, 0.5) is 11.4 Å². The van der Waals surface area contributed by atoms with E-state index in [1.54, 1.807) is 54.6 Å². The number of halogens is 2. The fourth-order valence-electron chi connectivity index (χ4n) is 2.39. The maximum atomic E-state index is 12.3. The zero-order valence-electron chi connectivity index (χ0n) is 14.6. The van der Waals surface area contributed by atoms with Gasteiger partial charge in [0.05, 0.1) is 16.5 Å². The first-order chi connectivity index (χ1) is 13.5. The molecule has 3 aromatic rings. The second-order valence-electron chi connectivity index (χ2n) is 5.81. The lowest BCUT2D eigenvalue weighted by atomic mass is 10.2. The van der Waals surface area contributed by atoms with E-state index in [-0.39, 0.29) is 17.6 Å². The molecule has 3 rings (SSSR count). The van der Waals surface area contributed by atoms with Crippen LogP contribution in [0.2, 0.25) is 10.0 Å². The number of anilines is 2. The minimum Gasteiger partial charge on any atom is -0.324 e. The molecule has 0 aliphatic heterocycles. The zero-order valence-corrected chi connectivity index (χ0v) is 16.9. The predicted octanol–water partition coefficient (Wildman–Crippen LogP) is 5.98. The first kappa shape index (κ1) is 20.3. The molecular weight excluding hydrogens is 415 g/mol. The van der Waals surface area contributed by atoms with Crippen molar-refractivity contribution in [3.8, 4) is 0 Å². The molecule has 3 aromatic carbocycles. The highest BCUT2D eigenvalue weighted by atomic mass is 35.5. The summed E-state index contributed by atoms with van der Waals surface area (Å²) in [5, 5.41) is 6.61. The Morgan fingerprint density at radius 1 is 0.857 bits per heavy atom. The highest BCUT2D eigenvalue weighted by Crippen LogP contribution is 2.24. The lowest BCUT2D eigenvalue weighted by Gasteiger charge is -2.09. The normalized spacial score (nSPS) is 10.4. The Morgan fingerprint density at radius 2 is 1.64 bits per heavy atom. The summed E-state index contributed by atoms with van der Waals surface area (Å²) in [7, 11) is 0. The molecule has 7 heteroatoms. The lowest BCUT2D eigenvalue weighted by Crippen LogP contribution is -2.14. The molecule has 2 amide bonds. The Labute approximate surface area is 177 Å². The van der Waals surface area contributed by atoms with Gasteiger partial charge >= 0.3 is 0 Å². The van der Waals surface area contributed by atoms with Crippen LogP contribution in [0.25, 0.3) is 0 Å². The molecule has 0 unspecified atom stereocenters. The molecular formula is C21H16Cl2N2O2S. The van der Waals surface area contributed by atoms with Crippen molar-refractivity contribution in [3.63, 3.8) is 0 Å². The highest BCUT2D eigenvalue weighted by Gasteiger charge is 2.09. The van der Waals surface area contributed by atoms with Crippen molar-refractivity contribution in [3.05, 3.63) is 88.4 Å². The fourth-order valence-corrected chi connectivity index (χ4v) is 3.52. The minimum absolute atomic E-state index is 0.161. The molecule has 0 atom stereocenters. The molecule has 0 radical (unpaired) electrons. The van der Waals surface area contributed by atoms with Crippen molar-refractivity contribution in [1.82, 2.24) is 0 Å². The van der Waals surface area contributed by atoms with Gasteiger partial charge in [0.15, 0.2) is 0 Å². The van der Waals surface area contributed by atoms with Gasteiger partial charge in [-0.2, -0.15) is 0 Å². The molecule has 142 valence electrons. The van der Waals surface area contributed by atoms with Crippen LogP contribution in [-0.4, -0.2) is 17.6 Å². The quantitative estimate of drug-likeness (QED) is 0.473. The summed E-state index contributed by atoms with van der Waals surface area (Å²) in [5.41, 5.74) is 1.70. The fraction of sp³-hybridized carbons (Fsp3) is 0.0476. The second-order valence-corrected chi connectivity index (χ2v) is 7.70. The minimum atomic E-state index is -0.249. The van der Waals surface area contributed by atoms with E-state index in [0.717, 1.165) is 4.90 Å². The molecule has 0 saturated carbocycles. The Morgan fingerprint density at radius 3 is 2.43 bits per heavy atom. The second kappa shape index (κ2) is 9.64. The van der Waals surface area contributed by atoms with Crippen LogP contribution < -0.4 is 10.6 Å². The van der Waals surface area contributed by atoms with E-state index < -0.39 is 0 Å². The number of carbonyl (C=O) groups is 2. The van der Waals surface area contributed by atoms with Crippen LogP contribution in [0.15, 0.2) is 77.7 Å². The first-order valence-electron chi connectivity index (χ1n) is 8.35. The molecule has 0 fully saturated rings. The molecule has 0 aliphatic carbocycles. The van der Waals surface area contributed by atoms with Crippen molar-refractivity contribution in [2.24, 2.45) is 0 Å². The van der Waals surface area contributed by atoms with Crippen molar-refractivity contribution in [2.45, 2.75) is 4.90 Å². The maximum absolute atomic E-state index is 12.3. The van der Waals surface area contributed by atoms with Gasteiger partial charge in [0.25, 0.3) is 5.91 Å².